The van der Waals surface area contributed by atoms with Gasteiger partial charge < -0.3 is 14.2 Å². The van der Waals surface area contributed by atoms with Crippen LogP contribution in [0.1, 0.15) is 5.69 Å². The summed E-state index contributed by atoms with van der Waals surface area (Å²) in [5, 5.41) is 0. The van der Waals surface area contributed by atoms with Gasteiger partial charge in [-0.25, -0.2) is 4.98 Å². The van der Waals surface area contributed by atoms with Gasteiger partial charge in [0.2, 0.25) is 0 Å². The first-order valence-corrected chi connectivity index (χ1v) is 6.19. The normalized spacial score (nSPS) is 13.2. The molecule has 0 amide bonds. The Morgan fingerprint density at radius 2 is 1.84 bits per heavy atom. The maximum absolute atomic E-state index is 5.60. The van der Waals surface area contributed by atoms with E-state index in [9.17, 15) is 0 Å². The van der Waals surface area contributed by atoms with E-state index in [0.717, 1.165) is 34.2 Å². The summed E-state index contributed by atoms with van der Waals surface area (Å²) in [4.78, 5) is 4.54. The molecule has 0 atom stereocenters. The number of benzene rings is 1. The molecule has 0 N–H and O–H groups in total. The van der Waals surface area contributed by atoms with Crippen molar-refractivity contribution in [2.45, 2.75) is 6.92 Å². The van der Waals surface area contributed by atoms with Crippen LogP contribution in [0.2, 0.25) is 0 Å². The molecule has 1 aliphatic rings. The van der Waals surface area contributed by atoms with Gasteiger partial charge in [-0.3, -0.25) is 0 Å². The van der Waals surface area contributed by atoms with Gasteiger partial charge in [0, 0.05) is 11.3 Å². The fourth-order valence-corrected chi connectivity index (χ4v) is 2.11. The molecule has 19 heavy (non-hydrogen) atoms. The van der Waals surface area contributed by atoms with Crippen LogP contribution in [-0.4, -0.2) is 25.3 Å². The van der Waals surface area contributed by atoms with E-state index >= 15 is 0 Å². The number of methoxy groups -OCH3 is 1. The number of hydrogen-bond acceptors (Lipinski definition) is 4. The minimum absolute atomic E-state index is 0.578. The van der Waals surface area contributed by atoms with E-state index in [1.807, 2.05) is 37.3 Å². The number of hydrogen-bond donors (Lipinski definition) is 0. The average Bonchev–Trinajstić information content (AvgIpc) is 2.46. The smallest absolute Gasteiger partial charge is 0.162 e. The predicted molar refractivity (Wildman–Crippen MR) is 72.0 cm³/mol. The number of aromatic nitrogens is 1. The lowest BCUT2D eigenvalue weighted by Gasteiger charge is -2.19. The van der Waals surface area contributed by atoms with Gasteiger partial charge in [-0.15, -0.1) is 0 Å². The Morgan fingerprint density at radius 1 is 1.05 bits per heavy atom. The van der Waals surface area contributed by atoms with Gasteiger partial charge in [0.15, 0.2) is 11.5 Å². The molecule has 0 fully saturated rings. The van der Waals surface area contributed by atoms with Crippen molar-refractivity contribution in [3.63, 3.8) is 0 Å². The molecule has 4 heteroatoms. The fourth-order valence-electron chi connectivity index (χ4n) is 2.11. The molecule has 3 rings (SSSR count). The van der Waals surface area contributed by atoms with E-state index in [1.165, 1.54) is 0 Å². The van der Waals surface area contributed by atoms with E-state index in [0.29, 0.717) is 13.2 Å². The second-order valence-corrected chi connectivity index (χ2v) is 4.36. The number of nitrogens with zero attached hydrogens (tertiary/aromatic N) is 1. The molecule has 0 saturated carbocycles. The standard InChI is InChI=1S/C15H15NO3/c1-10-3-5-13(17-2)15(16-10)11-4-6-12-14(9-11)19-8-7-18-12/h3-6,9H,7-8H2,1-2H3. The minimum atomic E-state index is 0.578. The molecule has 0 bridgehead atoms. The Kier molecular flexibility index (Phi) is 2.99. The zero-order valence-electron chi connectivity index (χ0n) is 11.0. The summed E-state index contributed by atoms with van der Waals surface area (Å²) >= 11 is 0. The molecule has 0 unspecified atom stereocenters. The molecular formula is C15H15NO3. The molecule has 0 radical (unpaired) electrons. The van der Waals surface area contributed by atoms with Crippen LogP contribution in [0.25, 0.3) is 11.3 Å². The highest BCUT2D eigenvalue weighted by Gasteiger charge is 2.15. The Bertz CT molecular complexity index is 610. The monoisotopic (exact) mass is 257 g/mol. The molecule has 2 aromatic rings. The number of pyridine rings is 1. The molecule has 4 nitrogen and oxygen atoms in total. The van der Waals surface area contributed by atoms with E-state index in [1.54, 1.807) is 7.11 Å². The summed E-state index contributed by atoms with van der Waals surface area (Å²) in [5.74, 6) is 2.29. The second-order valence-electron chi connectivity index (χ2n) is 4.36. The van der Waals surface area contributed by atoms with Crippen LogP contribution in [0.4, 0.5) is 0 Å². The van der Waals surface area contributed by atoms with E-state index < -0.39 is 0 Å². The second kappa shape index (κ2) is 4.80. The fraction of sp³-hybridized carbons (Fsp3) is 0.267. The Balaban J connectivity index is 2.09. The first-order chi connectivity index (χ1) is 9.28. The van der Waals surface area contributed by atoms with Crippen molar-refractivity contribution < 1.29 is 14.2 Å². The molecule has 0 spiro atoms. The largest absolute Gasteiger partial charge is 0.494 e. The van der Waals surface area contributed by atoms with Gasteiger partial charge in [-0.05, 0) is 37.3 Å². The maximum atomic E-state index is 5.60. The van der Waals surface area contributed by atoms with E-state index in [-0.39, 0.29) is 0 Å². The van der Waals surface area contributed by atoms with Crippen LogP contribution in [-0.2, 0) is 0 Å². The molecule has 0 saturated heterocycles. The number of aryl methyl sites for hydroxylation is 1. The molecule has 98 valence electrons. The van der Waals surface area contributed by atoms with Crippen LogP contribution < -0.4 is 14.2 Å². The highest BCUT2D eigenvalue weighted by Crippen LogP contribution is 2.36. The topological polar surface area (TPSA) is 40.6 Å². The molecule has 2 heterocycles. The third-order valence-electron chi connectivity index (χ3n) is 3.03. The zero-order chi connectivity index (χ0) is 13.2. The lowest BCUT2D eigenvalue weighted by Crippen LogP contribution is -2.15. The van der Waals surface area contributed by atoms with Gasteiger partial charge in [-0.1, -0.05) is 0 Å². The van der Waals surface area contributed by atoms with Crippen LogP contribution in [0.3, 0.4) is 0 Å². The van der Waals surface area contributed by atoms with Crippen molar-refractivity contribution in [3.8, 4) is 28.5 Å². The van der Waals surface area contributed by atoms with Gasteiger partial charge >= 0.3 is 0 Å². The van der Waals surface area contributed by atoms with Gasteiger partial charge in [0.25, 0.3) is 0 Å². The van der Waals surface area contributed by atoms with Crippen LogP contribution in [0.5, 0.6) is 17.2 Å². The highest BCUT2D eigenvalue weighted by atomic mass is 16.6. The van der Waals surface area contributed by atoms with Crippen molar-refractivity contribution in [1.29, 1.82) is 0 Å². The van der Waals surface area contributed by atoms with Crippen molar-refractivity contribution >= 4 is 0 Å². The third-order valence-corrected chi connectivity index (χ3v) is 3.03. The molecule has 1 aliphatic heterocycles. The average molecular weight is 257 g/mol. The highest BCUT2D eigenvalue weighted by molar-refractivity contribution is 5.69. The minimum Gasteiger partial charge on any atom is -0.494 e. The summed E-state index contributed by atoms with van der Waals surface area (Å²) in [5.41, 5.74) is 2.73. The third kappa shape index (κ3) is 2.21. The van der Waals surface area contributed by atoms with Gasteiger partial charge in [0.05, 0.1) is 7.11 Å². The Morgan fingerprint density at radius 3 is 2.63 bits per heavy atom. The van der Waals surface area contributed by atoms with Crippen molar-refractivity contribution in [3.05, 3.63) is 36.0 Å². The molecular weight excluding hydrogens is 242 g/mol. The van der Waals surface area contributed by atoms with Crippen LogP contribution in [0, 0.1) is 6.92 Å². The number of ether oxygens (including phenoxy) is 3. The SMILES string of the molecule is COc1ccc(C)nc1-c1ccc2c(c1)OCCO2. The molecule has 0 aliphatic carbocycles. The lowest BCUT2D eigenvalue weighted by molar-refractivity contribution is 0.171. The summed E-state index contributed by atoms with van der Waals surface area (Å²) in [6.45, 7) is 3.13. The number of rotatable bonds is 2. The van der Waals surface area contributed by atoms with Crippen molar-refractivity contribution in [1.82, 2.24) is 4.98 Å². The van der Waals surface area contributed by atoms with Crippen LogP contribution in [0.15, 0.2) is 30.3 Å². The predicted octanol–water partition coefficient (Wildman–Crippen LogP) is 2.84. The van der Waals surface area contributed by atoms with Crippen LogP contribution >= 0.6 is 0 Å². The quantitative estimate of drug-likeness (QED) is 0.829. The Labute approximate surface area is 112 Å². The Hall–Kier alpha value is -2.23. The maximum Gasteiger partial charge on any atom is 0.162 e. The van der Waals surface area contributed by atoms with Gasteiger partial charge in [-0.2, -0.15) is 0 Å². The first kappa shape index (κ1) is 11.8. The first-order valence-electron chi connectivity index (χ1n) is 6.19. The molecule has 1 aromatic carbocycles. The zero-order valence-corrected chi connectivity index (χ0v) is 11.0. The van der Waals surface area contributed by atoms with E-state index in [4.69, 9.17) is 14.2 Å². The van der Waals surface area contributed by atoms with E-state index in [2.05, 4.69) is 4.98 Å². The summed E-state index contributed by atoms with van der Waals surface area (Å²) in [6, 6.07) is 9.68. The number of fused-ring (bicyclic) bond motifs is 1. The van der Waals surface area contributed by atoms with Crippen molar-refractivity contribution in [2.24, 2.45) is 0 Å². The summed E-state index contributed by atoms with van der Waals surface area (Å²) < 4.78 is 16.5. The molecule has 1 aromatic heterocycles. The summed E-state index contributed by atoms with van der Waals surface area (Å²) in [6.07, 6.45) is 0. The van der Waals surface area contributed by atoms with Crippen molar-refractivity contribution in [2.75, 3.05) is 20.3 Å². The van der Waals surface area contributed by atoms with Gasteiger partial charge in [0.1, 0.15) is 24.7 Å². The lowest BCUT2D eigenvalue weighted by atomic mass is 10.1. The summed E-state index contributed by atoms with van der Waals surface area (Å²) in [7, 11) is 1.65.